The summed E-state index contributed by atoms with van der Waals surface area (Å²) in [6.07, 6.45) is 0. The molecule has 0 spiro atoms. The molecule has 2 aliphatic rings. The van der Waals surface area contributed by atoms with E-state index in [1.54, 1.807) is 24.5 Å². The highest BCUT2D eigenvalue weighted by Gasteiger charge is 2.38. The maximum absolute atomic E-state index is 13.4. The summed E-state index contributed by atoms with van der Waals surface area (Å²) in [5.74, 6) is 0.510. The smallest absolute Gasteiger partial charge is 0.263 e. The molecule has 0 bridgehead atoms. The van der Waals surface area contributed by atoms with Crippen LogP contribution >= 0.6 is 11.3 Å². The number of ether oxygens (including phenoxy) is 1. The Morgan fingerprint density at radius 2 is 1.69 bits per heavy atom. The molecule has 6 rings (SSSR count). The number of anilines is 1. The van der Waals surface area contributed by atoms with Crippen LogP contribution in [0.15, 0.2) is 71.4 Å². The lowest BCUT2D eigenvalue weighted by Gasteiger charge is -2.37. The third-order valence-electron chi connectivity index (χ3n) is 7.21. The number of fused-ring (bicyclic) bond motifs is 2. The fraction of sp³-hybridized carbons (Fsp3) is 0.241. The third kappa shape index (κ3) is 3.94. The summed E-state index contributed by atoms with van der Waals surface area (Å²) in [6, 6.07) is 20.2. The van der Waals surface area contributed by atoms with Gasteiger partial charge in [-0.2, -0.15) is 11.3 Å². The van der Waals surface area contributed by atoms with Crippen molar-refractivity contribution < 1.29 is 14.3 Å². The zero-order valence-corrected chi connectivity index (χ0v) is 21.0. The number of nitrogens with zero attached hydrogens (tertiary/aromatic N) is 3. The highest BCUT2D eigenvalue weighted by molar-refractivity contribution is 7.07. The van der Waals surface area contributed by atoms with Crippen molar-refractivity contribution in [1.82, 2.24) is 9.80 Å². The number of carbonyl (C=O) groups is 2. The number of piperazine rings is 1. The van der Waals surface area contributed by atoms with Crippen molar-refractivity contribution in [2.24, 2.45) is 0 Å². The van der Waals surface area contributed by atoms with Crippen molar-refractivity contribution in [2.75, 3.05) is 38.2 Å². The van der Waals surface area contributed by atoms with E-state index >= 15 is 0 Å². The second-order valence-corrected chi connectivity index (χ2v) is 10.0. The van der Waals surface area contributed by atoms with Crippen molar-refractivity contribution in [3.05, 3.63) is 93.7 Å². The van der Waals surface area contributed by atoms with E-state index < -0.39 is 0 Å². The summed E-state index contributed by atoms with van der Waals surface area (Å²) in [4.78, 5) is 32.5. The van der Waals surface area contributed by atoms with Crippen LogP contribution in [0.4, 0.5) is 5.69 Å². The van der Waals surface area contributed by atoms with Crippen LogP contribution in [0.2, 0.25) is 0 Å². The van der Waals surface area contributed by atoms with E-state index in [1.807, 2.05) is 35.0 Å². The minimum Gasteiger partial charge on any atom is -0.496 e. The van der Waals surface area contributed by atoms with Gasteiger partial charge in [0.2, 0.25) is 0 Å². The Kier molecular flexibility index (Phi) is 5.95. The average molecular weight is 498 g/mol. The first-order valence-electron chi connectivity index (χ1n) is 12.2. The number of hydrogen-bond donors (Lipinski definition) is 0. The summed E-state index contributed by atoms with van der Waals surface area (Å²) >= 11 is 1.57. The first kappa shape index (κ1) is 22.8. The van der Waals surface area contributed by atoms with Gasteiger partial charge in [-0.05, 0) is 51.4 Å². The molecule has 0 aliphatic carbocycles. The van der Waals surface area contributed by atoms with E-state index in [0.717, 1.165) is 49.7 Å². The van der Waals surface area contributed by atoms with Crippen LogP contribution in [0.5, 0.6) is 5.75 Å². The van der Waals surface area contributed by atoms with Crippen molar-refractivity contribution in [3.63, 3.8) is 0 Å². The molecule has 0 unspecified atom stereocenters. The molecule has 0 saturated carbocycles. The molecule has 36 heavy (non-hydrogen) atoms. The van der Waals surface area contributed by atoms with Crippen LogP contribution in [0.1, 0.15) is 31.8 Å². The van der Waals surface area contributed by atoms with Crippen LogP contribution in [0.25, 0.3) is 10.8 Å². The summed E-state index contributed by atoms with van der Waals surface area (Å²) in [6.45, 7) is 4.41. The fourth-order valence-corrected chi connectivity index (χ4v) is 5.99. The second kappa shape index (κ2) is 9.41. The molecular weight excluding hydrogens is 470 g/mol. The van der Waals surface area contributed by atoms with Gasteiger partial charge in [0.1, 0.15) is 5.75 Å². The number of rotatable bonds is 6. The van der Waals surface area contributed by atoms with E-state index in [0.29, 0.717) is 17.7 Å². The van der Waals surface area contributed by atoms with E-state index in [9.17, 15) is 9.59 Å². The number of imide groups is 1. The summed E-state index contributed by atoms with van der Waals surface area (Å²) in [5.41, 5.74) is 4.10. The minimum absolute atomic E-state index is 0.195. The van der Waals surface area contributed by atoms with E-state index in [4.69, 9.17) is 4.74 Å². The summed E-state index contributed by atoms with van der Waals surface area (Å²) in [5, 5.41) is 6.37. The quantitative estimate of drug-likeness (QED) is 0.350. The van der Waals surface area contributed by atoms with Gasteiger partial charge in [-0.15, -0.1) is 0 Å². The van der Waals surface area contributed by atoms with Gasteiger partial charge in [0, 0.05) is 38.3 Å². The van der Waals surface area contributed by atoms with E-state index in [2.05, 4.69) is 40.1 Å². The highest BCUT2D eigenvalue weighted by atomic mass is 32.1. The van der Waals surface area contributed by atoms with Crippen LogP contribution in [-0.4, -0.2) is 54.9 Å². The van der Waals surface area contributed by atoms with Crippen LogP contribution in [-0.2, 0) is 13.1 Å². The van der Waals surface area contributed by atoms with Gasteiger partial charge in [0.05, 0.1) is 30.5 Å². The van der Waals surface area contributed by atoms with Crippen molar-refractivity contribution in [2.45, 2.75) is 13.1 Å². The molecule has 2 amide bonds. The molecule has 3 heterocycles. The molecule has 182 valence electrons. The standard InChI is InChI=1S/C29H27N3O3S/c1-35-26-10-9-21-5-2-3-6-22(21)24(26)18-30-12-14-31(15-13-30)25-8-4-7-23-27(25)29(34)32(28(23)33)17-20-11-16-36-19-20/h2-11,16,19H,12-15,17-18H2,1H3. The normalized spacial score (nSPS) is 16.1. The fourth-order valence-electron chi connectivity index (χ4n) is 5.33. The highest BCUT2D eigenvalue weighted by Crippen LogP contribution is 2.34. The van der Waals surface area contributed by atoms with Gasteiger partial charge in [-0.25, -0.2) is 0 Å². The van der Waals surface area contributed by atoms with Gasteiger partial charge in [-0.1, -0.05) is 36.4 Å². The number of thiophene rings is 1. The van der Waals surface area contributed by atoms with E-state index in [1.165, 1.54) is 21.2 Å². The van der Waals surface area contributed by atoms with Crippen molar-refractivity contribution in [1.29, 1.82) is 0 Å². The molecule has 1 saturated heterocycles. The lowest BCUT2D eigenvalue weighted by Crippen LogP contribution is -2.46. The monoisotopic (exact) mass is 497 g/mol. The molecule has 0 atom stereocenters. The lowest BCUT2D eigenvalue weighted by molar-refractivity contribution is 0.0642. The van der Waals surface area contributed by atoms with Gasteiger partial charge >= 0.3 is 0 Å². The Balaban J connectivity index is 1.20. The number of carbonyl (C=O) groups excluding carboxylic acids is 2. The van der Waals surface area contributed by atoms with Crippen molar-refractivity contribution in [3.8, 4) is 5.75 Å². The van der Waals surface area contributed by atoms with Gasteiger partial charge in [0.25, 0.3) is 11.8 Å². The predicted octanol–water partition coefficient (Wildman–Crippen LogP) is 5.03. The molecule has 4 aromatic rings. The SMILES string of the molecule is COc1ccc2ccccc2c1CN1CCN(c2cccc3c2C(=O)N(Cc2ccsc2)C3=O)CC1. The van der Waals surface area contributed by atoms with Gasteiger partial charge in [-0.3, -0.25) is 19.4 Å². The molecule has 2 aliphatic heterocycles. The molecule has 3 aromatic carbocycles. The maximum atomic E-state index is 13.4. The minimum atomic E-state index is -0.204. The molecule has 7 heteroatoms. The Bertz CT molecular complexity index is 1440. The van der Waals surface area contributed by atoms with E-state index in [-0.39, 0.29) is 11.8 Å². The molecule has 0 radical (unpaired) electrons. The third-order valence-corrected chi connectivity index (χ3v) is 7.94. The Labute approximate surface area is 214 Å². The van der Waals surface area contributed by atoms with Crippen LogP contribution in [0.3, 0.4) is 0 Å². The zero-order chi connectivity index (χ0) is 24.6. The van der Waals surface area contributed by atoms with Crippen LogP contribution < -0.4 is 9.64 Å². The Hall–Kier alpha value is -3.68. The number of methoxy groups -OCH3 is 1. The Morgan fingerprint density at radius 1 is 0.861 bits per heavy atom. The zero-order valence-electron chi connectivity index (χ0n) is 20.1. The topological polar surface area (TPSA) is 53.1 Å². The molecule has 1 fully saturated rings. The number of benzene rings is 3. The maximum Gasteiger partial charge on any atom is 0.263 e. The van der Waals surface area contributed by atoms with Crippen molar-refractivity contribution >= 4 is 39.6 Å². The van der Waals surface area contributed by atoms with Gasteiger partial charge < -0.3 is 9.64 Å². The Morgan fingerprint density at radius 3 is 2.47 bits per heavy atom. The lowest BCUT2D eigenvalue weighted by atomic mass is 10.0. The predicted molar refractivity (Wildman–Crippen MR) is 143 cm³/mol. The first-order valence-corrected chi connectivity index (χ1v) is 13.1. The average Bonchev–Trinajstić information content (AvgIpc) is 3.52. The molecular formula is C29H27N3O3S. The summed E-state index contributed by atoms with van der Waals surface area (Å²) < 4.78 is 5.69. The summed E-state index contributed by atoms with van der Waals surface area (Å²) in [7, 11) is 1.72. The number of amides is 2. The molecule has 1 aromatic heterocycles. The van der Waals surface area contributed by atoms with Crippen LogP contribution in [0, 0.1) is 0 Å². The van der Waals surface area contributed by atoms with Gasteiger partial charge in [0.15, 0.2) is 0 Å². The number of hydrogen-bond acceptors (Lipinski definition) is 6. The molecule has 0 N–H and O–H groups in total. The largest absolute Gasteiger partial charge is 0.496 e. The molecule has 6 nitrogen and oxygen atoms in total. The second-order valence-electron chi connectivity index (χ2n) is 9.26. The first-order chi connectivity index (χ1) is 17.6.